The number of fused-ring (bicyclic) bond motifs is 2. The molecule has 2 amide bonds. The fourth-order valence-electron chi connectivity index (χ4n) is 3.90. The van der Waals surface area contributed by atoms with Crippen LogP contribution < -0.4 is 0 Å². The maximum Gasteiger partial charge on any atom is 0.265 e. The van der Waals surface area contributed by atoms with Gasteiger partial charge in [-0.05, 0) is 59.7 Å². The van der Waals surface area contributed by atoms with E-state index in [0.717, 1.165) is 9.13 Å². The van der Waals surface area contributed by atoms with Gasteiger partial charge < -0.3 is 10.0 Å². The summed E-state index contributed by atoms with van der Waals surface area (Å²) < 4.78 is 15.1. The van der Waals surface area contributed by atoms with Crippen LogP contribution in [0.25, 0.3) is 0 Å². The Morgan fingerprint density at radius 2 is 2.16 bits per heavy atom. The van der Waals surface area contributed by atoms with Gasteiger partial charge in [-0.3, -0.25) is 9.59 Å². The maximum absolute atomic E-state index is 14.2. The van der Waals surface area contributed by atoms with Gasteiger partial charge in [-0.25, -0.2) is 9.38 Å². The molecule has 2 saturated carbocycles. The lowest BCUT2D eigenvalue weighted by molar-refractivity contribution is -0.118. The summed E-state index contributed by atoms with van der Waals surface area (Å²) in [7, 11) is 0. The predicted octanol–water partition coefficient (Wildman–Crippen LogP) is 2.24. The summed E-state index contributed by atoms with van der Waals surface area (Å²) in [4.78, 5) is 30.3. The minimum atomic E-state index is -0.983. The van der Waals surface area contributed by atoms with Crippen LogP contribution in [0, 0.1) is 3.57 Å². The Morgan fingerprint density at radius 3 is 2.76 bits per heavy atom. The Bertz CT molecular complexity index is 813. The Kier molecular flexibility index (Phi) is 3.81. The van der Waals surface area contributed by atoms with Crippen LogP contribution >= 0.6 is 22.6 Å². The van der Waals surface area contributed by atoms with Gasteiger partial charge in [0.2, 0.25) is 0 Å². The lowest BCUT2D eigenvalue weighted by atomic mass is 9.80. The number of benzene rings is 1. The number of carbonyl (C=O) groups is 2. The highest BCUT2D eigenvalue weighted by atomic mass is 127. The summed E-state index contributed by atoms with van der Waals surface area (Å²) in [5, 5.41) is 9.70. The molecule has 5 nitrogen and oxygen atoms in total. The van der Waals surface area contributed by atoms with Crippen LogP contribution in [-0.4, -0.2) is 52.4 Å². The lowest BCUT2D eigenvalue weighted by Gasteiger charge is -2.35. The molecule has 2 fully saturated rings. The number of aliphatic imine (C=N–C) groups is 1. The number of halogens is 2. The SMILES string of the molecule is CC1(O)CC(=NC(=O)CN2C[C@]3(C[C@@H]3F)c3cc(I)ccc3C2=O)C1. The second-order valence-electron chi connectivity index (χ2n) is 7.60. The summed E-state index contributed by atoms with van der Waals surface area (Å²) in [6.45, 7) is 1.76. The first-order valence-corrected chi connectivity index (χ1v) is 9.33. The first-order valence-electron chi connectivity index (χ1n) is 8.25. The number of hydrogen-bond donors (Lipinski definition) is 1. The third-order valence-corrected chi connectivity index (χ3v) is 5.94. The second-order valence-corrected chi connectivity index (χ2v) is 8.85. The maximum atomic E-state index is 14.2. The van der Waals surface area contributed by atoms with Crippen LogP contribution in [0.1, 0.15) is 42.1 Å². The van der Waals surface area contributed by atoms with Crippen molar-refractivity contribution in [1.82, 2.24) is 4.90 Å². The number of carbonyl (C=O) groups excluding carboxylic acids is 2. The van der Waals surface area contributed by atoms with E-state index in [4.69, 9.17) is 0 Å². The number of hydrogen-bond acceptors (Lipinski definition) is 3. The van der Waals surface area contributed by atoms with E-state index in [1.165, 1.54) is 4.90 Å². The van der Waals surface area contributed by atoms with Crippen molar-refractivity contribution >= 4 is 40.1 Å². The number of nitrogens with zero attached hydrogens (tertiary/aromatic N) is 2. The molecule has 1 spiro atoms. The molecule has 0 radical (unpaired) electrons. The molecule has 1 aromatic carbocycles. The molecule has 4 rings (SSSR count). The summed E-state index contributed by atoms with van der Waals surface area (Å²) >= 11 is 2.16. The molecule has 1 N–H and O–H groups in total. The van der Waals surface area contributed by atoms with E-state index >= 15 is 0 Å². The van der Waals surface area contributed by atoms with E-state index in [0.29, 0.717) is 30.5 Å². The first kappa shape index (κ1) is 17.1. The quantitative estimate of drug-likeness (QED) is 0.695. The van der Waals surface area contributed by atoms with Crippen LogP contribution in [-0.2, 0) is 10.2 Å². The zero-order valence-corrected chi connectivity index (χ0v) is 15.9. The highest BCUT2D eigenvalue weighted by molar-refractivity contribution is 14.1. The minimum Gasteiger partial charge on any atom is -0.389 e. The van der Waals surface area contributed by atoms with E-state index in [9.17, 15) is 19.1 Å². The normalized spacial score (nSPS) is 33.1. The lowest BCUT2D eigenvalue weighted by Crippen LogP contribution is -2.47. The van der Waals surface area contributed by atoms with Crippen molar-refractivity contribution in [2.45, 2.75) is 43.4 Å². The third kappa shape index (κ3) is 2.91. The Hall–Kier alpha value is -1.35. The third-order valence-electron chi connectivity index (χ3n) is 5.27. The Morgan fingerprint density at radius 1 is 1.48 bits per heavy atom. The van der Waals surface area contributed by atoms with Gasteiger partial charge in [0.25, 0.3) is 11.8 Å². The number of aliphatic hydroxyl groups is 1. The van der Waals surface area contributed by atoms with Crippen molar-refractivity contribution in [3.05, 3.63) is 32.9 Å². The molecule has 1 aliphatic heterocycles. The van der Waals surface area contributed by atoms with E-state index in [1.54, 1.807) is 13.0 Å². The molecule has 0 unspecified atom stereocenters. The fraction of sp³-hybridized carbons (Fsp3) is 0.500. The number of rotatable bonds is 2. The fourth-order valence-corrected chi connectivity index (χ4v) is 4.39. The molecular formula is C18H18FIN2O3. The van der Waals surface area contributed by atoms with E-state index in [1.807, 2.05) is 12.1 Å². The second kappa shape index (κ2) is 5.57. The molecule has 7 heteroatoms. The van der Waals surface area contributed by atoms with Crippen LogP contribution in [0.2, 0.25) is 0 Å². The molecule has 2 atom stereocenters. The van der Waals surface area contributed by atoms with Crippen molar-refractivity contribution in [2.24, 2.45) is 4.99 Å². The summed E-state index contributed by atoms with van der Waals surface area (Å²) in [5.74, 6) is -0.663. The molecule has 1 aromatic rings. The average Bonchev–Trinajstić information content (AvgIpc) is 3.13. The molecule has 0 saturated heterocycles. The molecule has 2 aliphatic carbocycles. The van der Waals surface area contributed by atoms with Gasteiger partial charge in [-0.2, -0.15) is 0 Å². The molecule has 0 aromatic heterocycles. The van der Waals surface area contributed by atoms with Crippen molar-refractivity contribution in [3.63, 3.8) is 0 Å². The van der Waals surface area contributed by atoms with Crippen molar-refractivity contribution < 1.29 is 19.1 Å². The topological polar surface area (TPSA) is 70.0 Å². The molecule has 132 valence electrons. The van der Waals surface area contributed by atoms with Crippen molar-refractivity contribution in [1.29, 1.82) is 0 Å². The van der Waals surface area contributed by atoms with Gasteiger partial charge in [0.05, 0.1) is 5.60 Å². The van der Waals surface area contributed by atoms with E-state index < -0.39 is 23.1 Å². The Labute approximate surface area is 158 Å². The monoisotopic (exact) mass is 456 g/mol. The van der Waals surface area contributed by atoms with Gasteiger partial charge in [-0.1, -0.05) is 0 Å². The van der Waals surface area contributed by atoms with Gasteiger partial charge >= 0.3 is 0 Å². The minimum absolute atomic E-state index is 0.148. The van der Waals surface area contributed by atoms with Crippen LogP contribution in [0.4, 0.5) is 4.39 Å². The van der Waals surface area contributed by atoms with Crippen LogP contribution in [0.3, 0.4) is 0 Å². The average molecular weight is 456 g/mol. The van der Waals surface area contributed by atoms with Crippen molar-refractivity contribution in [3.8, 4) is 0 Å². The van der Waals surface area contributed by atoms with Gasteiger partial charge in [0.15, 0.2) is 0 Å². The standard InChI is InChI=1S/C18H18FIN2O3/c1-17(25)5-11(6-17)21-15(23)8-22-9-18(7-14(18)19)13-4-10(20)2-3-12(13)16(22)24/h2-4,14,25H,5-9H2,1H3/t14-,17?,18+/m0/s1. The summed E-state index contributed by atoms with van der Waals surface area (Å²) in [6.07, 6.45) is 0.160. The highest BCUT2D eigenvalue weighted by Gasteiger charge is 2.61. The molecule has 1 heterocycles. The largest absolute Gasteiger partial charge is 0.389 e. The molecule has 0 bridgehead atoms. The van der Waals surface area contributed by atoms with E-state index in [-0.39, 0.29) is 19.0 Å². The number of alkyl halides is 1. The zero-order chi connectivity index (χ0) is 18.0. The van der Waals surface area contributed by atoms with Gasteiger partial charge in [0, 0.05) is 39.6 Å². The molecular weight excluding hydrogens is 438 g/mol. The first-order chi connectivity index (χ1) is 11.7. The molecule has 25 heavy (non-hydrogen) atoms. The smallest absolute Gasteiger partial charge is 0.265 e. The zero-order valence-electron chi connectivity index (χ0n) is 13.8. The predicted molar refractivity (Wildman–Crippen MR) is 98.6 cm³/mol. The van der Waals surface area contributed by atoms with Gasteiger partial charge in [-0.15, -0.1) is 0 Å². The van der Waals surface area contributed by atoms with Crippen molar-refractivity contribution in [2.75, 3.05) is 13.1 Å². The van der Waals surface area contributed by atoms with Crippen LogP contribution in [0.15, 0.2) is 23.2 Å². The van der Waals surface area contributed by atoms with Crippen LogP contribution in [0.5, 0.6) is 0 Å². The number of amides is 2. The summed E-state index contributed by atoms with van der Waals surface area (Å²) in [6, 6.07) is 5.42. The highest BCUT2D eigenvalue weighted by Crippen LogP contribution is 2.54. The Balaban J connectivity index is 1.55. The van der Waals surface area contributed by atoms with Gasteiger partial charge in [0.1, 0.15) is 12.7 Å². The summed E-state index contributed by atoms with van der Waals surface area (Å²) in [5.41, 5.74) is 0.452. The van der Waals surface area contributed by atoms with E-state index in [2.05, 4.69) is 27.6 Å². The molecule has 3 aliphatic rings.